The highest BCUT2D eigenvalue weighted by Crippen LogP contribution is 2.23. The number of hydrogen-bond donors (Lipinski definition) is 2. The molecule has 0 aliphatic carbocycles. The molecule has 86 valence electrons. The largest absolute Gasteiger partial charge is 0.496 e. The minimum Gasteiger partial charge on any atom is -0.496 e. The lowest BCUT2D eigenvalue weighted by Crippen LogP contribution is -2.27. The molecule has 0 saturated heterocycles. The van der Waals surface area contributed by atoms with E-state index in [0.29, 0.717) is 0 Å². The SMILES string of the molecule is CCCNCCNCc1sccc1OC. The lowest BCUT2D eigenvalue weighted by Gasteiger charge is -2.06. The Labute approximate surface area is 95.8 Å². The minimum absolute atomic E-state index is 0.897. The second-order valence-corrected chi connectivity index (χ2v) is 4.34. The molecule has 3 nitrogen and oxygen atoms in total. The maximum Gasteiger partial charge on any atom is 0.134 e. The van der Waals surface area contributed by atoms with Gasteiger partial charge in [-0.2, -0.15) is 0 Å². The van der Waals surface area contributed by atoms with E-state index in [9.17, 15) is 0 Å². The third-order valence-electron chi connectivity index (χ3n) is 2.12. The van der Waals surface area contributed by atoms with Gasteiger partial charge in [0.1, 0.15) is 5.75 Å². The molecule has 1 aromatic rings. The van der Waals surface area contributed by atoms with Gasteiger partial charge in [-0.05, 0) is 24.4 Å². The molecule has 0 aliphatic rings. The molecule has 2 N–H and O–H groups in total. The first-order chi connectivity index (χ1) is 7.38. The van der Waals surface area contributed by atoms with E-state index >= 15 is 0 Å². The summed E-state index contributed by atoms with van der Waals surface area (Å²) in [4.78, 5) is 1.27. The summed E-state index contributed by atoms with van der Waals surface area (Å²) in [6, 6.07) is 2.01. The number of ether oxygens (including phenoxy) is 1. The normalized spacial score (nSPS) is 10.5. The van der Waals surface area contributed by atoms with E-state index in [4.69, 9.17) is 4.74 Å². The molecule has 0 aliphatic heterocycles. The summed E-state index contributed by atoms with van der Waals surface area (Å²) < 4.78 is 5.24. The van der Waals surface area contributed by atoms with E-state index < -0.39 is 0 Å². The maximum atomic E-state index is 5.24. The Morgan fingerprint density at radius 1 is 1.27 bits per heavy atom. The number of nitrogens with one attached hydrogen (secondary N) is 2. The topological polar surface area (TPSA) is 33.3 Å². The van der Waals surface area contributed by atoms with Gasteiger partial charge < -0.3 is 15.4 Å². The van der Waals surface area contributed by atoms with Crippen molar-refractivity contribution in [3.05, 3.63) is 16.3 Å². The Bertz CT molecular complexity index is 263. The summed E-state index contributed by atoms with van der Waals surface area (Å²) in [5.41, 5.74) is 0. The molecule has 0 saturated carbocycles. The van der Waals surface area contributed by atoms with Crippen LogP contribution >= 0.6 is 11.3 Å². The van der Waals surface area contributed by atoms with Gasteiger partial charge in [0.2, 0.25) is 0 Å². The predicted molar refractivity (Wildman–Crippen MR) is 65.7 cm³/mol. The van der Waals surface area contributed by atoms with E-state index in [0.717, 1.165) is 31.9 Å². The first-order valence-electron chi connectivity index (χ1n) is 5.40. The average molecular weight is 228 g/mol. The van der Waals surface area contributed by atoms with Crippen LogP contribution in [0.4, 0.5) is 0 Å². The number of rotatable bonds is 8. The lowest BCUT2D eigenvalue weighted by atomic mass is 10.4. The van der Waals surface area contributed by atoms with Crippen molar-refractivity contribution in [2.24, 2.45) is 0 Å². The standard InChI is InChI=1S/C11H20N2OS/c1-3-5-12-6-7-13-9-11-10(14-2)4-8-15-11/h4,8,12-13H,3,5-7,9H2,1-2H3. The Morgan fingerprint density at radius 3 is 2.80 bits per heavy atom. The summed E-state index contributed by atoms with van der Waals surface area (Å²) in [6.07, 6.45) is 1.19. The van der Waals surface area contributed by atoms with Gasteiger partial charge in [-0.3, -0.25) is 0 Å². The number of thiophene rings is 1. The Balaban J connectivity index is 2.09. The molecule has 0 radical (unpaired) electrons. The highest BCUT2D eigenvalue weighted by molar-refractivity contribution is 7.10. The van der Waals surface area contributed by atoms with Gasteiger partial charge in [-0.15, -0.1) is 11.3 Å². The molecule has 0 fully saturated rings. The third-order valence-corrected chi connectivity index (χ3v) is 3.02. The number of hydrogen-bond acceptors (Lipinski definition) is 4. The molecule has 15 heavy (non-hydrogen) atoms. The monoisotopic (exact) mass is 228 g/mol. The maximum absolute atomic E-state index is 5.24. The summed E-state index contributed by atoms with van der Waals surface area (Å²) in [5, 5.41) is 8.80. The van der Waals surface area contributed by atoms with Gasteiger partial charge in [0.15, 0.2) is 0 Å². The minimum atomic E-state index is 0.897. The highest BCUT2D eigenvalue weighted by Gasteiger charge is 2.02. The summed E-state index contributed by atoms with van der Waals surface area (Å²) in [7, 11) is 1.72. The molecule has 4 heteroatoms. The van der Waals surface area contributed by atoms with Gasteiger partial charge in [0.05, 0.1) is 12.0 Å². The Hall–Kier alpha value is -0.580. The highest BCUT2D eigenvalue weighted by atomic mass is 32.1. The van der Waals surface area contributed by atoms with E-state index in [1.54, 1.807) is 18.4 Å². The van der Waals surface area contributed by atoms with Crippen molar-refractivity contribution >= 4 is 11.3 Å². The van der Waals surface area contributed by atoms with Crippen LogP contribution in [0.1, 0.15) is 18.2 Å². The van der Waals surface area contributed by atoms with Crippen LogP contribution < -0.4 is 15.4 Å². The van der Waals surface area contributed by atoms with Crippen LogP contribution in [0.3, 0.4) is 0 Å². The van der Waals surface area contributed by atoms with E-state index in [-0.39, 0.29) is 0 Å². The fourth-order valence-corrected chi connectivity index (χ4v) is 2.13. The van der Waals surface area contributed by atoms with Crippen molar-refractivity contribution in [3.63, 3.8) is 0 Å². The Kier molecular flexibility index (Phi) is 6.39. The molecule has 0 unspecified atom stereocenters. The van der Waals surface area contributed by atoms with Crippen molar-refractivity contribution < 1.29 is 4.74 Å². The van der Waals surface area contributed by atoms with Crippen LogP contribution in [0.2, 0.25) is 0 Å². The van der Waals surface area contributed by atoms with Gasteiger partial charge in [-0.1, -0.05) is 6.92 Å². The molecule has 1 rings (SSSR count). The molecule has 0 atom stereocenters. The molecular formula is C11H20N2OS. The fraction of sp³-hybridized carbons (Fsp3) is 0.636. The third kappa shape index (κ3) is 4.64. The zero-order chi connectivity index (χ0) is 10.9. The van der Waals surface area contributed by atoms with Crippen molar-refractivity contribution in [2.45, 2.75) is 19.9 Å². The molecular weight excluding hydrogens is 208 g/mol. The van der Waals surface area contributed by atoms with Gasteiger partial charge in [0, 0.05) is 19.6 Å². The van der Waals surface area contributed by atoms with Crippen LogP contribution in [0.25, 0.3) is 0 Å². The lowest BCUT2D eigenvalue weighted by molar-refractivity contribution is 0.410. The van der Waals surface area contributed by atoms with Crippen molar-refractivity contribution in [3.8, 4) is 5.75 Å². The Morgan fingerprint density at radius 2 is 2.07 bits per heavy atom. The molecule has 0 bridgehead atoms. The second kappa shape index (κ2) is 7.68. The van der Waals surface area contributed by atoms with Crippen molar-refractivity contribution in [1.82, 2.24) is 10.6 Å². The van der Waals surface area contributed by atoms with E-state index in [2.05, 4.69) is 22.9 Å². The summed E-state index contributed by atoms with van der Waals surface area (Å²) in [6.45, 7) is 6.21. The second-order valence-electron chi connectivity index (χ2n) is 3.34. The summed E-state index contributed by atoms with van der Waals surface area (Å²) >= 11 is 1.73. The van der Waals surface area contributed by atoms with E-state index in [1.807, 2.05) is 6.07 Å². The van der Waals surface area contributed by atoms with Crippen LogP contribution in [0, 0.1) is 0 Å². The quantitative estimate of drug-likeness (QED) is 0.666. The first-order valence-corrected chi connectivity index (χ1v) is 6.28. The van der Waals surface area contributed by atoms with Gasteiger partial charge in [-0.25, -0.2) is 0 Å². The average Bonchev–Trinajstić information content (AvgIpc) is 2.70. The molecule has 1 heterocycles. The van der Waals surface area contributed by atoms with Crippen molar-refractivity contribution in [2.75, 3.05) is 26.7 Å². The molecule has 0 aromatic carbocycles. The smallest absolute Gasteiger partial charge is 0.134 e. The van der Waals surface area contributed by atoms with Crippen LogP contribution in [0.15, 0.2) is 11.4 Å². The zero-order valence-electron chi connectivity index (χ0n) is 9.51. The van der Waals surface area contributed by atoms with Crippen LogP contribution in [-0.2, 0) is 6.54 Å². The predicted octanol–water partition coefficient (Wildman–Crippen LogP) is 1.85. The summed E-state index contributed by atoms with van der Waals surface area (Å²) in [5.74, 6) is 0.994. The van der Waals surface area contributed by atoms with Crippen LogP contribution in [-0.4, -0.2) is 26.7 Å². The fourth-order valence-electron chi connectivity index (χ4n) is 1.32. The van der Waals surface area contributed by atoms with Crippen LogP contribution in [0.5, 0.6) is 5.75 Å². The zero-order valence-corrected chi connectivity index (χ0v) is 10.3. The van der Waals surface area contributed by atoms with Gasteiger partial charge in [0.25, 0.3) is 0 Å². The molecule has 0 amide bonds. The van der Waals surface area contributed by atoms with Crippen molar-refractivity contribution in [1.29, 1.82) is 0 Å². The van der Waals surface area contributed by atoms with Gasteiger partial charge >= 0.3 is 0 Å². The first kappa shape index (κ1) is 12.5. The molecule has 0 spiro atoms. The van der Waals surface area contributed by atoms with E-state index in [1.165, 1.54) is 11.3 Å². The number of methoxy groups -OCH3 is 1. The molecule has 1 aromatic heterocycles.